The lowest BCUT2D eigenvalue weighted by Crippen LogP contribution is -2.12. The molecule has 0 amide bonds. The highest BCUT2D eigenvalue weighted by molar-refractivity contribution is 5.87. The predicted molar refractivity (Wildman–Crippen MR) is 68.0 cm³/mol. The molecule has 18 heavy (non-hydrogen) atoms. The maximum atomic E-state index is 10.9. The molecule has 1 aromatic heterocycles. The molecule has 0 bridgehead atoms. The van der Waals surface area contributed by atoms with Crippen LogP contribution in [0.4, 0.5) is 0 Å². The molecule has 2 aromatic rings. The Hall–Kier alpha value is -1.97. The van der Waals surface area contributed by atoms with Gasteiger partial charge in [-0.15, -0.1) is 0 Å². The average molecular weight is 248 g/mol. The van der Waals surface area contributed by atoms with Crippen LogP contribution in [0.25, 0.3) is 11.0 Å². The van der Waals surface area contributed by atoms with Crippen LogP contribution in [-0.4, -0.2) is 18.2 Å². The van der Waals surface area contributed by atoms with Gasteiger partial charge in [-0.3, -0.25) is 4.79 Å². The number of aryl methyl sites for hydroxylation is 1. The van der Waals surface area contributed by atoms with E-state index in [4.69, 9.17) is 14.3 Å². The molecule has 1 unspecified atom stereocenters. The van der Waals surface area contributed by atoms with Gasteiger partial charge in [0.05, 0.1) is 13.0 Å². The summed E-state index contributed by atoms with van der Waals surface area (Å²) in [5, 5.41) is 9.90. The lowest BCUT2D eigenvalue weighted by Gasteiger charge is -2.08. The lowest BCUT2D eigenvalue weighted by molar-refractivity contribution is -0.141. The smallest absolute Gasteiger partial charge is 0.306 e. The maximum absolute atomic E-state index is 10.9. The molecule has 0 aliphatic heterocycles. The largest absolute Gasteiger partial charge is 0.493 e. The highest BCUT2D eigenvalue weighted by Gasteiger charge is 2.16. The minimum Gasteiger partial charge on any atom is -0.493 e. The summed E-state index contributed by atoms with van der Waals surface area (Å²) in [4.78, 5) is 10.9. The van der Waals surface area contributed by atoms with Gasteiger partial charge in [-0.25, -0.2) is 0 Å². The fraction of sp³-hybridized carbons (Fsp3) is 0.357. The second kappa shape index (κ2) is 4.72. The van der Waals surface area contributed by atoms with Gasteiger partial charge in [0.2, 0.25) is 0 Å². The van der Waals surface area contributed by atoms with Crippen LogP contribution in [0.3, 0.4) is 0 Å². The van der Waals surface area contributed by atoms with Crippen LogP contribution in [0.15, 0.2) is 22.6 Å². The van der Waals surface area contributed by atoms with Crippen LogP contribution in [0.2, 0.25) is 0 Å². The van der Waals surface area contributed by atoms with Crippen LogP contribution in [0.5, 0.6) is 5.75 Å². The van der Waals surface area contributed by atoms with Crippen molar-refractivity contribution in [1.82, 2.24) is 0 Å². The van der Waals surface area contributed by atoms with Crippen LogP contribution in [-0.2, 0) is 11.2 Å². The summed E-state index contributed by atoms with van der Waals surface area (Å²) in [6, 6.07) is 5.63. The molecule has 4 nitrogen and oxygen atoms in total. The molecule has 0 saturated heterocycles. The van der Waals surface area contributed by atoms with Gasteiger partial charge >= 0.3 is 5.97 Å². The second-order valence-corrected chi connectivity index (χ2v) is 4.47. The Kier molecular flexibility index (Phi) is 3.28. The first-order valence-corrected chi connectivity index (χ1v) is 5.81. The summed E-state index contributed by atoms with van der Waals surface area (Å²) >= 11 is 0. The zero-order valence-electron chi connectivity index (χ0n) is 10.7. The number of furan rings is 1. The molecule has 0 spiro atoms. The van der Waals surface area contributed by atoms with E-state index < -0.39 is 11.9 Å². The van der Waals surface area contributed by atoms with Crippen molar-refractivity contribution in [1.29, 1.82) is 0 Å². The number of aliphatic carboxylic acids is 1. The first-order valence-electron chi connectivity index (χ1n) is 5.81. The molecule has 0 saturated carbocycles. The standard InChI is InChI=1S/C14H16O4/c1-8(14(15)16)6-10-4-5-12(17-3)13-11(10)7-9(2)18-13/h4-5,7-8H,6H2,1-3H3,(H,15,16). The number of hydrogen-bond acceptors (Lipinski definition) is 3. The number of carboxylic acid groups (broad SMARTS) is 1. The maximum Gasteiger partial charge on any atom is 0.306 e. The Bertz CT molecular complexity index is 583. The van der Waals surface area contributed by atoms with E-state index in [9.17, 15) is 4.79 Å². The van der Waals surface area contributed by atoms with Crippen LogP contribution >= 0.6 is 0 Å². The Morgan fingerprint density at radius 3 is 2.83 bits per heavy atom. The van der Waals surface area contributed by atoms with E-state index in [1.807, 2.05) is 25.1 Å². The third-order valence-electron chi connectivity index (χ3n) is 3.03. The molecule has 4 heteroatoms. The van der Waals surface area contributed by atoms with Gasteiger partial charge in [0.1, 0.15) is 5.76 Å². The van der Waals surface area contributed by atoms with Gasteiger partial charge < -0.3 is 14.3 Å². The monoisotopic (exact) mass is 248 g/mol. The Labute approximate surface area is 105 Å². The molecular formula is C14H16O4. The summed E-state index contributed by atoms with van der Waals surface area (Å²) in [6.45, 7) is 3.56. The Balaban J connectivity index is 2.49. The summed E-state index contributed by atoms with van der Waals surface area (Å²) in [6.07, 6.45) is 0.481. The minimum atomic E-state index is -0.792. The molecule has 0 aliphatic rings. The number of hydrogen-bond donors (Lipinski definition) is 1. The van der Waals surface area contributed by atoms with E-state index in [2.05, 4.69) is 0 Å². The Morgan fingerprint density at radius 1 is 1.50 bits per heavy atom. The van der Waals surface area contributed by atoms with Crippen molar-refractivity contribution in [2.75, 3.05) is 7.11 Å². The van der Waals surface area contributed by atoms with Crippen LogP contribution < -0.4 is 4.74 Å². The van der Waals surface area contributed by atoms with Crippen molar-refractivity contribution in [3.63, 3.8) is 0 Å². The van der Waals surface area contributed by atoms with E-state index in [-0.39, 0.29) is 0 Å². The van der Waals surface area contributed by atoms with Crippen molar-refractivity contribution < 1.29 is 19.1 Å². The first-order chi connectivity index (χ1) is 8.52. The number of carboxylic acids is 1. The first kappa shape index (κ1) is 12.5. The van der Waals surface area contributed by atoms with E-state index in [1.165, 1.54) is 0 Å². The third-order valence-corrected chi connectivity index (χ3v) is 3.03. The zero-order valence-corrected chi connectivity index (χ0v) is 10.7. The normalized spacial score (nSPS) is 12.6. The number of rotatable bonds is 4. The molecule has 96 valence electrons. The summed E-state index contributed by atoms with van der Waals surface area (Å²) in [5.41, 5.74) is 1.66. The van der Waals surface area contributed by atoms with Gasteiger partial charge in [0.15, 0.2) is 11.3 Å². The highest BCUT2D eigenvalue weighted by Crippen LogP contribution is 2.32. The molecule has 0 fully saturated rings. The SMILES string of the molecule is COc1ccc(CC(C)C(=O)O)c2cc(C)oc12. The molecule has 0 radical (unpaired) electrons. The van der Waals surface area contributed by atoms with Gasteiger partial charge in [-0.05, 0) is 31.0 Å². The van der Waals surface area contributed by atoms with E-state index >= 15 is 0 Å². The fourth-order valence-corrected chi connectivity index (χ4v) is 2.03. The van der Waals surface area contributed by atoms with Crippen LogP contribution in [0.1, 0.15) is 18.2 Å². The molecule has 1 N–H and O–H groups in total. The number of benzene rings is 1. The van der Waals surface area contributed by atoms with Crippen molar-refractivity contribution >= 4 is 16.9 Å². The summed E-state index contributed by atoms with van der Waals surface area (Å²) in [7, 11) is 1.59. The van der Waals surface area contributed by atoms with Gasteiger partial charge in [-0.2, -0.15) is 0 Å². The lowest BCUT2D eigenvalue weighted by atomic mass is 9.98. The molecule has 1 atom stereocenters. The molecule has 1 aromatic carbocycles. The number of ether oxygens (including phenoxy) is 1. The molecular weight excluding hydrogens is 232 g/mol. The number of methoxy groups -OCH3 is 1. The molecule has 0 aliphatic carbocycles. The number of fused-ring (bicyclic) bond motifs is 1. The molecule has 1 heterocycles. The van der Waals surface area contributed by atoms with Crippen molar-refractivity contribution in [2.24, 2.45) is 5.92 Å². The minimum absolute atomic E-state index is 0.420. The quantitative estimate of drug-likeness (QED) is 0.903. The van der Waals surface area contributed by atoms with Gasteiger partial charge in [0.25, 0.3) is 0 Å². The second-order valence-electron chi connectivity index (χ2n) is 4.47. The fourth-order valence-electron chi connectivity index (χ4n) is 2.03. The number of carbonyl (C=O) groups is 1. The third kappa shape index (κ3) is 2.18. The van der Waals surface area contributed by atoms with Gasteiger partial charge in [0, 0.05) is 5.39 Å². The van der Waals surface area contributed by atoms with Crippen molar-refractivity contribution in [3.05, 3.63) is 29.5 Å². The average Bonchev–Trinajstić information content (AvgIpc) is 2.71. The predicted octanol–water partition coefficient (Wildman–Crippen LogP) is 3.01. The highest BCUT2D eigenvalue weighted by atomic mass is 16.5. The van der Waals surface area contributed by atoms with Crippen LogP contribution in [0, 0.1) is 12.8 Å². The summed E-state index contributed by atoms with van der Waals surface area (Å²) < 4.78 is 10.8. The van der Waals surface area contributed by atoms with Crippen molar-refractivity contribution in [2.45, 2.75) is 20.3 Å². The van der Waals surface area contributed by atoms with E-state index in [0.717, 1.165) is 16.7 Å². The van der Waals surface area contributed by atoms with Gasteiger partial charge in [-0.1, -0.05) is 13.0 Å². The van der Waals surface area contributed by atoms with E-state index in [1.54, 1.807) is 14.0 Å². The molecule has 2 rings (SSSR count). The van der Waals surface area contributed by atoms with Crippen molar-refractivity contribution in [3.8, 4) is 5.75 Å². The Morgan fingerprint density at radius 2 is 2.22 bits per heavy atom. The van der Waals surface area contributed by atoms with E-state index in [0.29, 0.717) is 17.8 Å². The zero-order chi connectivity index (χ0) is 13.3. The summed E-state index contributed by atoms with van der Waals surface area (Å²) in [5.74, 6) is 0.250. The topological polar surface area (TPSA) is 59.7 Å².